The minimum absolute atomic E-state index is 0.145. The number of ether oxygens (including phenoxy) is 1. The second-order valence-corrected chi connectivity index (χ2v) is 8.49. The molecule has 31 heavy (non-hydrogen) atoms. The number of aliphatic hydroxyl groups is 1. The number of aliphatic hydroxyl groups excluding tert-OH is 1. The van der Waals surface area contributed by atoms with E-state index in [2.05, 4.69) is 5.32 Å². The second-order valence-electron chi connectivity index (χ2n) is 8.06. The molecule has 3 rings (SSSR count). The number of hydrogen-bond donors (Lipinski definition) is 2. The van der Waals surface area contributed by atoms with Gasteiger partial charge in [0.1, 0.15) is 6.04 Å². The maximum atomic E-state index is 13.5. The van der Waals surface area contributed by atoms with Crippen LogP contribution in [0.15, 0.2) is 36.4 Å². The number of rotatable bonds is 7. The molecule has 1 fully saturated rings. The summed E-state index contributed by atoms with van der Waals surface area (Å²) in [6, 6.07) is 5.27. The number of allylic oxidation sites excluding steroid dienone is 1. The molecular formula is C23H29ClN2O5. The topological polar surface area (TPSA) is 95.9 Å². The maximum Gasteiger partial charge on any atom is 0.310 e. The lowest BCUT2D eigenvalue weighted by molar-refractivity contribution is -0.156. The van der Waals surface area contributed by atoms with E-state index < -0.39 is 35.8 Å². The van der Waals surface area contributed by atoms with Crippen molar-refractivity contribution in [2.75, 3.05) is 18.5 Å². The van der Waals surface area contributed by atoms with Crippen LogP contribution in [-0.2, 0) is 19.1 Å². The van der Waals surface area contributed by atoms with Crippen LogP contribution in [0, 0.1) is 23.7 Å². The van der Waals surface area contributed by atoms with E-state index in [9.17, 15) is 19.5 Å². The highest BCUT2D eigenvalue weighted by Gasteiger charge is 2.58. The summed E-state index contributed by atoms with van der Waals surface area (Å²) < 4.78 is 5.29. The number of likely N-dealkylation sites (tertiary alicyclic amines) is 1. The van der Waals surface area contributed by atoms with Crippen molar-refractivity contribution >= 4 is 35.1 Å². The van der Waals surface area contributed by atoms with Gasteiger partial charge in [-0.3, -0.25) is 14.4 Å². The highest BCUT2D eigenvalue weighted by Crippen LogP contribution is 2.46. The van der Waals surface area contributed by atoms with Gasteiger partial charge >= 0.3 is 5.97 Å². The summed E-state index contributed by atoms with van der Waals surface area (Å²) in [6.07, 6.45) is 4.47. The minimum Gasteiger partial charge on any atom is -0.466 e. The van der Waals surface area contributed by atoms with Crippen molar-refractivity contribution in [3.63, 3.8) is 0 Å². The van der Waals surface area contributed by atoms with E-state index in [0.717, 1.165) is 0 Å². The normalized spacial score (nSPS) is 28.2. The average Bonchev–Trinajstić information content (AvgIpc) is 3.06. The van der Waals surface area contributed by atoms with Gasteiger partial charge in [0.05, 0.1) is 31.1 Å². The van der Waals surface area contributed by atoms with Gasteiger partial charge in [0, 0.05) is 16.6 Å². The number of halogens is 1. The quantitative estimate of drug-likeness (QED) is 0.494. The minimum atomic E-state index is -0.846. The predicted octanol–water partition coefficient (Wildman–Crippen LogP) is 2.88. The summed E-state index contributed by atoms with van der Waals surface area (Å²) in [6.45, 7) is 5.31. The molecule has 168 valence electrons. The lowest BCUT2D eigenvalue weighted by Gasteiger charge is -2.33. The Bertz CT molecular complexity index is 856. The van der Waals surface area contributed by atoms with E-state index in [1.165, 1.54) is 4.90 Å². The van der Waals surface area contributed by atoms with E-state index in [0.29, 0.717) is 17.1 Å². The number of carbonyl (C=O) groups is 3. The molecule has 0 bridgehead atoms. The maximum absolute atomic E-state index is 13.5. The van der Waals surface area contributed by atoms with Gasteiger partial charge in [-0.25, -0.2) is 0 Å². The highest BCUT2D eigenvalue weighted by atomic mass is 35.5. The molecule has 1 aromatic carbocycles. The van der Waals surface area contributed by atoms with Crippen molar-refractivity contribution in [2.24, 2.45) is 23.7 Å². The fourth-order valence-electron chi connectivity index (χ4n) is 4.71. The fraction of sp³-hybridized carbons (Fsp3) is 0.522. The molecule has 7 nitrogen and oxygen atoms in total. The van der Waals surface area contributed by atoms with Crippen molar-refractivity contribution < 1.29 is 24.2 Å². The van der Waals surface area contributed by atoms with Crippen LogP contribution in [0.5, 0.6) is 0 Å². The lowest BCUT2D eigenvalue weighted by Crippen LogP contribution is -2.49. The van der Waals surface area contributed by atoms with Gasteiger partial charge in [0.2, 0.25) is 11.8 Å². The molecule has 1 aromatic rings. The highest BCUT2D eigenvalue weighted by molar-refractivity contribution is 6.30. The Balaban J connectivity index is 1.98. The van der Waals surface area contributed by atoms with Crippen LogP contribution in [0.3, 0.4) is 0 Å². The molecular weight excluding hydrogens is 420 g/mol. The Kier molecular flexibility index (Phi) is 7.38. The molecule has 0 spiro atoms. The van der Waals surface area contributed by atoms with Crippen LogP contribution < -0.4 is 5.32 Å². The van der Waals surface area contributed by atoms with Crippen LogP contribution in [0.4, 0.5) is 5.69 Å². The van der Waals surface area contributed by atoms with Crippen LogP contribution in [-0.4, -0.2) is 53.1 Å². The van der Waals surface area contributed by atoms with Crippen molar-refractivity contribution in [3.8, 4) is 0 Å². The molecule has 0 aromatic heterocycles. The Morgan fingerprint density at radius 2 is 1.90 bits per heavy atom. The van der Waals surface area contributed by atoms with E-state index >= 15 is 0 Å². The first-order valence-electron chi connectivity index (χ1n) is 10.7. The number of amides is 2. The van der Waals surface area contributed by atoms with Gasteiger partial charge in [-0.15, -0.1) is 0 Å². The monoisotopic (exact) mass is 448 g/mol. The first kappa shape index (κ1) is 23.3. The van der Waals surface area contributed by atoms with Crippen LogP contribution >= 0.6 is 11.6 Å². The van der Waals surface area contributed by atoms with Crippen LogP contribution in [0.1, 0.15) is 27.2 Å². The van der Waals surface area contributed by atoms with Gasteiger partial charge in [0.15, 0.2) is 0 Å². The molecule has 2 aliphatic rings. The summed E-state index contributed by atoms with van der Waals surface area (Å²) in [5, 5.41) is 13.2. The first-order valence-corrected chi connectivity index (χ1v) is 11.1. The number of anilines is 1. The molecule has 2 N–H and O–H groups in total. The van der Waals surface area contributed by atoms with Crippen molar-refractivity contribution in [3.05, 3.63) is 41.4 Å². The fourth-order valence-corrected chi connectivity index (χ4v) is 4.84. The van der Waals surface area contributed by atoms with E-state index in [1.807, 2.05) is 19.1 Å². The lowest BCUT2D eigenvalue weighted by atomic mass is 9.69. The van der Waals surface area contributed by atoms with Gasteiger partial charge in [-0.1, -0.05) is 30.7 Å². The molecule has 8 heteroatoms. The summed E-state index contributed by atoms with van der Waals surface area (Å²) in [5.74, 6) is -3.09. The van der Waals surface area contributed by atoms with Crippen molar-refractivity contribution in [1.29, 1.82) is 0 Å². The zero-order valence-electron chi connectivity index (χ0n) is 18.0. The molecule has 6 atom stereocenters. The van der Waals surface area contributed by atoms with E-state index in [1.54, 1.807) is 38.1 Å². The standard InChI is InChI=1S/C23H29ClN2O5/c1-4-14-6-11-17-19(18(14)23(30)31-5-2)22(29)26(13(3)12-27)20(17)21(28)25-16-9-7-15(24)8-10-16/h6-11,13-14,17-20,27H,4-5,12H2,1-3H3,(H,25,28)/t13-,14-,17+,18-,19-,20+/m1/s1. The predicted molar refractivity (Wildman–Crippen MR) is 117 cm³/mol. The third-order valence-electron chi connectivity index (χ3n) is 6.20. The number of hydrogen-bond acceptors (Lipinski definition) is 5. The summed E-state index contributed by atoms with van der Waals surface area (Å²) in [7, 11) is 0. The third kappa shape index (κ3) is 4.48. The van der Waals surface area contributed by atoms with E-state index in [4.69, 9.17) is 16.3 Å². The molecule has 1 heterocycles. The third-order valence-corrected chi connectivity index (χ3v) is 6.45. The van der Waals surface area contributed by atoms with Crippen LogP contribution in [0.25, 0.3) is 0 Å². The number of nitrogens with one attached hydrogen (secondary N) is 1. The van der Waals surface area contributed by atoms with Gasteiger partial charge < -0.3 is 20.1 Å². The molecule has 2 amide bonds. The summed E-state index contributed by atoms with van der Waals surface area (Å²) in [5.41, 5.74) is 0.551. The summed E-state index contributed by atoms with van der Waals surface area (Å²) >= 11 is 5.92. The first-order chi connectivity index (χ1) is 14.8. The van der Waals surface area contributed by atoms with Crippen molar-refractivity contribution in [1.82, 2.24) is 4.90 Å². The number of nitrogens with zero attached hydrogens (tertiary/aromatic N) is 1. The largest absolute Gasteiger partial charge is 0.466 e. The molecule has 0 saturated carbocycles. The van der Waals surface area contributed by atoms with Crippen LogP contribution in [0.2, 0.25) is 5.02 Å². The SMILES string of the molecule is CCOC(=O)[C@H]1[C@@H]2C(=O)N([C@H](C)CO)[C@H](C(=O)Nc3ccc(Cl)cc3)[C@H]2C=C[C@H]1CC. The smallest absolute Gasteiger partial charge is 0.310 e. The van der Waals surface area contributed by atoms with Gasteiger partial charge in [-0.2, -0.15) is 0 Å². The Morgan fingerprint density at radius 3 is 2.48 bits per heavy atom. The Morgan fingerprint density at radius 1 is 1.23 bits per heavy atom. The van der Waals surface area contributed by atoms with Gasteiger partial charge in [-0.05, 0) is 50.5 Å². The Hall–Kier alpha value is -2.38. The number of benzene rings is 1. The molecule has 1 aliphatic heterocycles. The number of carbonyl (C=O) groups excluding carboxylic acids is 3. The number of fused-ring (bicyclic) bond motifs is 1. The Labute approximate surface area is 187 Å². The zero-order valence-corrected chi connectivity index (χ0v) is 18.7. The van der Waals surface area contributed by atoms with E-state index in [-0.39, 0.29) is 30.9 Å². The zero-order chi connectivity index (χ0) is 22.7. The molecule has 1 aliphatic carbocycles. The molecule has 0 unspecified atom stereocenters. The molecule has 0 radical (unpaired) electrons. The average molecular weight is 449 g/mol. The van der Waals surface area contributed by atoms with Gasteiger partial charge in [0.25, 0.3) is 0 Å². The van der Waals surface area contributed by atoms with Crippen molar-refractivity contribution in [2.45, 2.75) is 39.3 Å². The summed E-state index contributed by atoms with van der Waals surface area (Å²) in [4.78, 5) is 41.1. The number of esters is 1. The second kappa shape index (κ2) is 9.83. The molecule has 1 saturated heterocycles.